The molecular formula is C16H28IN3. The summed E-state index contributed by atoms with van der Waals surface area (Å²) < 4.78 is 0. The van der Waals surface area contributed by atoms with Gasteiger partial charge in [0, 0.05) is 13.1 Å². The summed E-state index contributed by atoms with van der Waals surface area (Å²) in [6.07, 6.45) is 10.2. The molecule has 4 rings (SSSR count). The van der Waals surface area contributed by atoms with E-state index in [0.717, 1.165) is 30.3 Å². The molecule has 0 bridgehead atoms. The third-order valence-corrected chi connectivity index (χ3v) is 5.98. The number of nitrogens with zero attached hydrogens (tertiary/aromatic N) is 2. The monoisotopic (exact) mass is 389 g/mol. The highest BCUT2D eigenvalue weighted by Crippen LogP contribution is 2.59. The minimum absolute atomic E-state index is 0. The molecule has 0 aromatic rings. The smallest absolute Gasteiger partial charge is 0.194 e. The Hall–Kier alpha value is 0. The average Bonchev–Trinajstić information content (AvgIpc) is 2.86. The second-order valence-electron chi connectivity index (χ2n) is 7.64. The molecule has 2 heterocycles. The summed E-state index contributed by atoms with van der Waals surface area (Å²) in [7, 11) is 0. The van der Waals surface area contributed by atoms with Crippen LogP contribution in [0.4, 0.5) is 0 Å². The van der Waals surface area contributed by atoms with Crippen molar-refractivity contribution in [2.45, 2.75) is 57.9 Å². The van der Waals surface area contributed by atoms with Crippen LogP contribution in [0.1, 0.15) is 51.9 Å². The molecule has 4 heteroatoms. The van der Waals surface area contributed by atoms with Crippen LogP contribution in [0.5, 0.6) is 0 Å². The van der Waals surface area contributed by atoms with E-state index >= 15 is 0 Å². The normalized spacial score (nSPS) is 37.4. The molecule has 3 unspecified atom stereocenters. The number of hydrogen-bond donors (Lipinski definition) is 1. The summed E-state index contributed by atoms with van der Waals surface area (Å²) in [5.74, 6) is 2.96. The minimum Gasteiger partial charge on any atom is -0.356 e. The van der Waals surface area contributed by atoms with Gasteiger partial charge in [-0.1, -0.05) is 6.92 Å². The van der Waals surface area contributed by atoms with Crippen LogP contribution in [0.15, 0.2) is 4.99 Å². The van der Waals surface area contributed by atoms with Gasteiger partial charge < -0.3 is 10.2 Å². The Labute approximate surface area is 140 Å². The zero-order valence-electron chi connectivity index (χ0n) is 12.6. The number of piperidine rings is 1. The molecule has 4 aliphatic rings. The highest BCUT2D eigenvalue weighted by Gasteiger charge is 2.48. The van der Waals surface area contributed by atoms with Gasteiger partial charge in [0.15, 0.2) is 5.96 Å². The molecule has 1 N–H and O–H groups in total. The Balaban J connectivity index is 0.00000121. The Bertz CT molecular complexity index is 391. The lowest BCUT2D eigenvalue weighted by Crippen LogP contribution is -2.49. The predicted molar refractivity (Wildman–Crippen MR) is 93.6 cm³/mol. The Morgan fingerprint density at radius 2 is 2.10 bits per heavy atom. The van der Waals surface area contributed by atoms with E-state index in [9.17, 15) is 0 Å². The van der Waals surface area contributed by atoms with E-state index < -0.39 is 0 Å². The van der Waals surface area contributed by atoms with Crippen LogP contribution in [-0.4, -0.2) is 36.5 Å². The first kappa shape index (κ1) is 14.9. The van der Waals surface area contributed by atoms with Gasteiger partial charge >= 0.3 is 0 Å². The van der Waals surface area contributed by atoms with Crippen molar-refractivity contribution in [2.24, 2.45) is 22.2 Å². The van der Waals surface area contributed by atoms with Crippen LogP contribution >= 0.6 is 24.0 Å². The molecule has 2 saturated carbocycles. The van der Waals surface area contributed by atoms with Crippen molar-refractivity contribution in [1.29, 1.82) is 0 Å². The maximum Gasteiger partial charge on any atom is 0.194 e. The molecule has 3 nitrogen and oxygen atoms in total. The van der Waals surface area contributed by atoms with Gasteiger partial charge in [-0.2, -0.15) is 0 Å². The number of fused-ring (bicyclic) bond motifs is 1. The SMILES string of the molecule is CC1CCC2CN=C(NCC3CCC4(CC4)C3)N2C1.I. The topological polar surface area (TPSA) is 27.6 Å². The molecule has 0 aromatic heterocycles. The molecule has 114 valence electrons. The van der Waals surface area contributed by atoms with Gasteiger partial charge in [-0.15, -0.1) is 24.0 Å². The Kier molecular flexibility index (Phi) is 4.22. The van der Waals surface area contributed by atoms with Crippen molar-refractivity contribution in [3.05, 3.63) is 0 Å². The first-order valence-electron chi connectivity index (χ1n) is 8.29. The standard InChI is InChI=1S/C16H27N3.HI/c1-12-2-3-14-10-18-15(19(14)11-12)17-9-13-4-5-16(8-13)6-7-16;/h12-14H,2-11H2,1H3,(H,17,18);1H. The average molecular weight is 389 g/mol. The molecule has 3 atom stereocenters. The number of rotatable bonds is 2. The highest BCUT2D eigenvalue weighted by molar-refractivity contribution is 14.0. The van der Waals surface area contributed by atoms with Crippen LogP contribution < -0.4 is 5.32 Å². The predicted octanol–water partition coefficient (Wildman–Crippen LogP) is 3.24. The molecule has 1 spiro atoms. The lowest BCUT2D eigenvalue weighted by Gasteiger charge is -2.36. The molecule has 2 aliphatic carbocycles. The minimum atomic E-state index is 0. The number of aliphatic imine (C=N–C) groups is 1. The first-order chi connectivity index (χ1) is 9.24. The molecular weight excluding hydrogens is 361 g/mol. The van der Waals surface area contributed by atoms with Gasteiger partial charge in [-0.05, 0) is 62.2 Å². The molecule has 20 heavy (non-hydrogen) atoms. The third kappa shape index (κ3) is 2.81. The van der Waals surface area contributed by atoms with Crippen molar-refractivity contribution < 1.29 is 0 Å². The van der Waals surface area contributed by atoms with Crippen LogP contribution in [0.3, 0.4) is 0 Å². The zero-order chi connectivity index (χ0) is 12.9. The van der Waals surface area contributed by atoms with E-state index in [1.165, 1.54) is 57.5 Å². The number of guanidine groups is 1. The summed E-state index contributed by atoms with van der Waals surface area (Å²) in [5, 5.41) is 3.68. The lowest BCUT2D eigenvalue weighted by atomic mass is 9.95. The van der Waals surface area contributed by atoms with Crippen LogP contribution in [0, 0.1) is 17.3 Å². The summed E-state index contributed by atoms with van der Waals surface area (Å²) >= 11 is 0. The second kappa shape index (κ2) is 5.65. The van der Waals surface area contributed by atoms with Crippen molar-refractivity contribution >= 4 is 29.9 Å². The van der Waals surface area contributed by atoms with Gasteiger partial charge in [-0.3, -0.25) is 4.99 Å². The first-order valence-corrected chi connectivity index (χ1v) is 8.29. The van der Waals surface area contributed by atoms with Crippen LogP contribution in [0.2, 0.25) is 0 Å². The fraction of sp³-hybridized carbons (Fsp3) is 0.938. The van der Waals surface area contributed by atoms with Crippen molar-refractivity contribution in [1.82, 2.24) is 10.2 Å². The lowest BCUT2D eigenvalue weighted by molar-refractivity contribution is 0.210. The highest BCUT2D eigenvalue weighted by atomic mass is 127. The number of hydrogen-bond acceptors (Lipinski definition) is 3. The van der Waals surface area contributed by atoms with E-state index in [1.807, 2.05) is 0 Å². The van der Waals surface area contributed by atoms with Gasteiger partial charge in [0.1, 0.15) is 0 Å². The molecule has 0 radical (unpaired) electrons. The van der Waals surface area contributed by atoms with E-state index in [-0.39, 0.29) is 24.0 Å². The Morgan fingerprint density at radius 3 is 2.85 bits per heavy atom. The molecule has 2 aliphatic heterocycles. The molecule has 3 fully saturated rings. The summed E-state index contributed by atoms with van der Waals surface area (Å²) in [6.45, 7) is 5.78. The van der Waals surface area contributed by atoms with Crippen molar-refractivity contribution in [3.63, 3.8) is 0 Å². The second-order valence-corrected chi connectivity index (χ2v) is 7.64. The zero-order valence-corrected chi connectivity index (χ0v) is 14.9. The van der Waals surface area contributed by atoms with E-state index in [4.69, 9.17) is 4.99 Å². The van der Waals surface area contributed by atoms with E-state index in [0.29, 0.717) is 6.04 Å². The molecule has 0 amide bonds. The van der Waals surface area contributed by atoms with E-state index in [2.05, 4.69) is 17.1 Å². The van der Waals surface area contributed by atoms with Crippen LogP contribution in [0.25, 0.3) is 0 Å². The maximum atomic E-state index is 4.76. The van der Waals surface area contributed by atoms with Gasteiger partial charge in [0.2, 0.25) is 0 Å². The largest absolute Gasteiger partial charge is 0.356 e. The Morgan fingerprint density at radius 1 is 1.25 bits per heavy atom. The molecule has 0 aromatic carbocycles. The van der Waals surface area contributed by atoms with E-state index in [1.54, 1.807) is 0 Å². The third-order valence-electron chi connectivity index (χ3n) is 5.98. The number of halogens is 1. The number of nitrogens with one attached hydrogen (secondary N) is 1. The summed E-state index contributed by atoms with van der Waals surface area (Å²) in [6, 6.07) is 0.706. The van der Waals surface area contributed by atoms with Gasteiger partial charge in [0.25, 0.3) is 0 Å². The molecule has 1 saturated heterocycles. The summed E-state index contributed by atoms with van der Waals surface area (Å²) in [4.78, 5) is 7.31. The maximum absolute atomic E-state index is 4.76. The quantitative estimate of drug-likeness (QED) is 0.735. The van der Waals surface area contributed by atoms with Crippen molar-refractivity contribution in [2.75, 3.05) is 19.6 Å². The van der Waals surface area contributed by atoms with Gasteiger partial charge in [0.05, 0.1) is 12.6 Å². The summed E-state index contributed by atoms with van der Waals surface area (Å²) in [5.41, 5.74) is 0.812. The van der Waals surface area contributed by atoms with Crippen LogP contribution in [-0.2, 0) is 0 Å². The fourth-order valence-corrected chi connectivity index (χ4v) is 4.47. The van der Waals surface area contributed by atoms with Gasteiger partial charge in [-0.25, -0.2) is 0 Å². The fourth-order valence-electron chi connectivity index (χ4n) is 4.47. The van der Waals surface area contributed by atoms with Crippen molar-refractivity contribution in [3.8, 4) is 0 Å².